The number of aryl methyl sites for hydroxylation is 1. The zero-order valence-corrected chi connectivity index (χ0v) is 17.0. The molecule has 2 aromatic heterocycles. The van der Waals surface area contributed by atoms with Crippen molar-refractivity contribution in [2.24, 2.45) is 5.14 Å². The molecule has 3 N–H and O–H groups in total. The minimum Gasteiger partial charge on any atom is -0.325 e. The van der Waals surface area contributed by atoms with Crippen LogP contribution in [0.25, 0.3) is 5.65 Å². The molecule has 0 saturated heterocycles. The van der Waals surface area contributed by atoms with E-state index in [4.69, 9.17) is 28.3 Å². The molecule has 0 radical (unpaired) electrons. The van der Waals surface area contributed by atoms with Crippen LogP contribution in [0.5, 0.6) is 0 Å². The van der Waals surface area contributed by atoms with Crippen molar-refractivity contribution in [1.29, 1.82) is 0 Å². The summed E-state index contributed by atoms with van der Waals surface area (Å²) in [5.74, 6) is -0.335. The van der Waals surface area contributed by atoms with Gasteiger partial charge in [0.1, 0.15) is 0 Å². The first kappa shape index (κ1) is 19.9. The Balaban J connectivity index is 1.73. The molecule has 0 bridgehead atoms. The summed E-state index contributed by atoms with van der Waals surface area (Å²) >= 11 is 13.2. The number of hydrogen-bond acceptors (Lipinski definition) is 6. The van der Waals surface area contributed by atoms with E-state index in [1.165, 1.54) is 6.07 Å². The van der Waals surface area contributed by atoms with Gasteiger partial charge in [0, 0.05) is 11.9 Å². The van der Waals surface area contributed by atoms with E-state index >= 15 is 0 Å². The first-order chi connectivity index (χ1) is 12.6. The van der Waals surface area contributed by atoms with Gasteiger partial charge in [0.05, 0.1) is 20.7 Å². The molecule has 1 aromatic carbocycles. The van der Waals surface area contributed by atoms with Gasteiger partial charge in [0.2, 0.25) is 15.9 Å². The normalized spacial score (nSPS) is 11.7. The molecule has 0 unspecified atom stereocenters. The molecule has 0 spiro atoms. The van der Waals surface area contributed by atoms with E-state index in [0.29, 0.717) is 32.1 Å². The molecule has 0 aliphatic heterocycles. The molecule has 3 rings (SSSR count). The Bertz CT molecular complexity index is 1150. The van der Waals surface area contributed by atoms with Crippen LogP contribution in [0.1, 0.15) is 5.56 Å². The molecule has 3 aromatic rings. The van der Waals surface area contributed by atoms with E-state index < -0.39 is 10.0 Å². The van der Waals surface area contributed by atoms with Crippen LogP contribution in [0, 0.1) is 6.92 Å². The second-order valence-corrected chi connectivity index (χ2v) is 8.86. The predicted octanol–water partition coefficient (Wildman–Crippen LogP) is 2.72. The Morgan fingerprint density at radius 1 is 1.30 bits per heavy atom. The fraction of sp³-hybridized carbons (Fsp3) is 0.133. The number of amides is 1. The van der Waals surface area contributed by atoms with E-state index in [-0.39, 0.29) is 16.6 Å². The van der Waals surface area contributed by atoms with Gasteiger partial charge in [-0.2, -0.15) is 0 Å². The molecule has 142 valence electrons. The number of halogens is 2. The Labute approximate surface area is 169 Å². The fourth-order valence-corrected chi connectivity index (χ4v) is 4.34. The third kappa shape index (κ3) is 4.53. The summed E-state index contributed by atoms with van der Waals surface area (Å²) in [6.45, 7) is 1.62. The number of sulfonamides is 1. The highest BCUT2D eigenvalue weighted by atomic mass is 35.5. The number of nitrogens with two attached hydrogens (primary N) is 1. The lowest BCUT2D eigenvalue weighted by atomic mass is 10.2. The summed E-state index contributed by atoms with van der Waals surface area (Å²) in [5, 5.41) is 17.0. The molecule has 0 aliphatic carbocycles. The Hall–Kier alpha value is -1.85. The summed E-state index contributed by atoms with van der Waals surface area (Å²) in [5.41, 5.74) is 1.25. The van der Waals surface area contributed by atoms with Gasteiger partial charge in [-0.05, 0) is 30.7 Å². The maximum Gasteiger partial charge on any atom is 0.238 e. The number of fused-ring (bicyclic) bond motifs is 1. The number of primary sulfonamides is 1. The minimum absolute atomic E-state index is 0.0174. The number of aromatic nitrogens is 3. The molecule has 1 amide bonds. The molecular weight excluding hydrogens is 433 g/mol. The van der Waals surface area contributed by atoms with Crippen LogP contribution in [-0.4, -0.2) is 34.7 Å². The smallest absolute Gasteiger partial charge is 0.238 e. The summed E-state index contributed by atoms with van der Waals surface area (Å²) in [4.78, 5) is 12.2. The van der Waals surface area contributed by atoms with Crippen molar-refractivity contribution in [2.75, 3.05) is 11.1 Å². The van der Waals surface area contributed by atoms with Crippen molar-refractivity contribution in [2.45, 2.75) is 17.0 Å². The number of pyridine rings is 1. The molecule has 8 nitrogen and oxygen atoms in total. The molecule has 0 saturated carbocycles. The van der Waals surface area contributed by atoms with Crippen LogP contribution < -0.4 is 10.5 Å². The van der Waals surface area contributed by atoms with Crippen molar-refractivity contribution in [3.05, 3.63) is 46.1 Å². The zero-order valence-electron chi connectivity index (χ0n) is 13.8. The Kier molecular flexibility index (Phi) is 5.63. The van der Waals surface area contributed by atoms with Gasteiger partial charge in [0.25, 0.3) is 0 Å². The molecule has 0 fully saturated rings. The lowest BCUT2D eigenvalue weighted by molar-refractivity contribution is -0.113. The third-order valence-corrected chi connectivity index (χ3v) is 5.99. The second-order valence-electron chi connectivity index (χ2n) is 5.54. The Morgan fingerprint density at radius 3 is 2.74 bits per heavy atom. The van der Waals surface area contributed by atoms with Gasteiger partial charge in [-0.1, -0.05) is 41.0 Å². The molecule has 12 heteroatoms. The average molecular weight is 446 g/mol. The van der Waals surface area contributed by atoms with Crippen LogP contribution in [0.4, 0.5) is 5.69 Å². The van der Waals surface area contributed by atoms with Gasteiger partial charge in [-0.15, -0.1) is 10.2 Å². The highest BCUT2D eigenvalue weighted by Gasteiger charge is 2.15. The summed E-state index contributed by atoms with van der Waals surface area (Å²) in [6, 6.07) is 6.03. The number of benzene rings is 1. The van der Waals surface area contributed by atoms with E-state index in [1.807, 2.05) is 0 Å². The monoisotopic (exact) mass is 445 g/mol. The van der Waals surface area contributed by atoms with Crippen LogP contribution in [-0.2, 0) is 14.8 Å². The van der Waals surface area contributed by atoms with Crippen molar-refractivity contribution in [3.8, 4) is 0 Å². The highest BCUT2D eigenvalue weighted by Crippen LogP contribution is 2.25. The molecule has 2 heterocycles. The SMILES string of the molecule is Cc1ccc(NC(=O)CSc2nnc3c(Cl)cc(Cl)cn23)cc1S(N)(=O)=O. The van der Waals surface area contributed by atoms with E-state index in [1.54, 1.807) is 35.7 Å². The topological polar surface area (TPSA) is 119 Å². The maximum atomic E-state index is 12.2. The quantitative estimate of drug-likeness (QED) is 0.582. The first-order valence-corrected chi connectivity index (χ1v) is 10.7. The molecule has 27 heavy (non-hydrogen) atoms. The number of nitrogens with zero attached hydrogens (tertiary/aromatic N) is 3. The van der Waals surface area contributed by atoms with Gasteiger partial charge in [-0.25, -0.2) is 13.6 Å². The van der Waals surface area contributed by atoms with Crippen molar-refractivity contribution in [3.63, 3.8) is 0 Å². The largest absolute Gasteiger partial charge is 0.325 e. The van der Waals surface area contributed by atoms with E-state index in [2.05, 4.69) is 15.5 Å². The van der Waals surface area contributed by atoms with Crippen LogP contribution in [0.2, 0.25) is 10.0 Å². The van der Waals surface area contributed by atoms with Crippen LogP contribution in [0.3, 0.4) is 0 Å². The second kappa shape index (κ2) is 7.64. The number of hydrogen-bond donors (Lipinski definition) is 2. The number of anilines is 1. The fourth-order valence-electron chi connectivity index (χ4n) is 2.31. The van der Waals surface area contributed by atoms with Crippen LogP contribution in [0.15, 0.2) is 40.5 Å². The molecule has 0 atom stereocenters. The van der Waals surface area contributed by atoms with Gasteiger partial charge < -0.3 is 5.32 Å². The van der Waals surface area contributed by atoms with Crippen molar-refractivity contribution < 1.29 is 13.2 Å². The summed E-state index contributed by atoms with van der Waals surface area (Å²) < 4.78 is 24.7. The minimum atomic E-state index is -3.88. The zero-order chi connectivity index (χ0) is 19.8. The standard InChI is InChI=1S/C15H13Cl2N5O3S2/c1-8-2-3-10(5-12(8)27(18,24)25)19-13(23)7-26-15-21-20-14-11(17)4-9(16)6-22(14)15/h2-6H,7H2,1H3,(H,19,23)(H2,18,24,25). The van der Waals surface area contributed by atoms with E-state index in [0.717, 1.165) is 11.8 Å². The maximum absolute atomic E-state index is 12.2. The summed E-state index contributed by atoms with van der Waals surface area (Å²) in [7, 11) is -3.88. The number of nitrogens with one attached hydrogen (secondary N) is 1. The first-order valence-electron chi connectivity index (χ1n) is 7.41. The van der Waals surface area contributed by atoms with Crippen molar-refractivity contribution >= 4 is 62.2 Å². The lowest BCUT2D eigenvalue weighted by Crippen LogP contribution is -2.17. The molecule has 0 aliphatic rings. The highest BCUT2D eigenvalue weighted by molar-refractivity contribution is 7.99. The predicted molar refractivity (Wildman–Crippen MR) is 105 cm³/mol. The van der Waals surface area contributed by atoms with Gasteiger partial charge >= 0.3 is 0 Å². The summed E-state index contributed by atoms with van der Waals surface area (Å²) in [6.07, 6.45) is 1.60. The van der Waals surface area contributed by atoms with Crippen LogP contribution >= 0.6 is 35.0 Å². The lowest BCUT2D eigenvalue weighted by Gasteiger charge is -2.08. The van der Waals surface area contributed by atoms with E-state index in [9.17, 15) is 13.2 Å². The Morgan fingerprint density at radius 2 is 2.04 bits per heavy atom. The number of carbonyl (C=O) groups is 1. The van der Waals surface area contributed by atoms with Crippen molar-refractivity contribution in [1.82, 2.24) is 14.6 Å². The third-order valence-electron chi connectivity index (χ3n) is 3.51. The number of thioether (sulfide) groups is 1. The van der Waals surface area contributed by atoms with Gasteiger partial charge in [-0.3, -0.25) is 9.20 Å². The van der Waals surface area contributed by atoms with Gasteiger partial charge in [0.15, 0.2) is 10.8 Å². The molecular formula is C15H13Cl2N5O3S2. The number of carbonyl (C=O) groups excluding carboxylic acids is 1. The number of rotatable bonds is 5. The average Bonchev–Trinajstić information content (AvgIpc) is 2.97.